The van der Waals surface area contributed by atoms with Crippen LogP contribution in [-0.2, 0) is 0 Å². The van der Waals surface area contributed by atoms with E-state index in [1.807, 2.05) is 11.9 Å². The van der Waals surface area contributed by atoms with Crippen molar-refractivity contribution < 1.29 is 0 Å². The van der Waals surface area contributed by atoms with Gasteiger partial charge in [0.1, 0.15) is 0 Å². The first-order chi connectivity index (χ1) is 6.65. The molecular weight excluding hydrogens is 190 g/mol. The van der Waals surface area contributed by atoms with Gasteiger partial charge in [-0.25, -0.2) is 0 Å². The molecule has 2 atom stereocenters. The zero-order valence-electron chi connectivity index (χ0n) is 9.31. The molecule has 0 aromatic rings. The van der Waals surface area contributed by atoms with E-state index < -0.39 is 0 Å². The van der Waals surface area contributed by atoms with Crippen molar-refractivity contribution in [3.63, 3.8) is 0 Å². The van der Waals surface area contributed by atoms with Crippen molar-refractivity contribution in [1.82, 2.24) is 4.72 Å². The molecule has 0 aromatic heterocycles. The van der Waals surface area contributed by atoms with Crippen molar-refractivity contribution >= 4 is 11.9 Å². The van der Waals surface area contributed by atoms with E-state index in [9.17, 15) is 0 Å². The van der Waals surface area contributed by atoms with Crippen LogP contribution in [0.5, 0.6) is 0 Å². The second-order valence-corrected chi connectivity index (χ2v) is 6.03. The van der Waals surface area contributed by atoms with E-state index in [4.69, 9.17) is 0 Å². The molecule has 1 spiro atoms. The Morgan fingerprint density at radius 3 is 3.00 bits per heavy atom. The summed E-state index contributed by atoms with van der Waals surface area (Å²) in [6, 6.07) is 0. The molecule has 2 fully saturated rings. The third-order valence-corrected chi connectivity index (χ3v) is 4.89. The Balaban J connectivity index is 2.12. The molecular formula is C12H21NS. The van der Waals surface area contributed by atoms with Crippen LogP contribution in [0, 0.1) is 17.3 Å². The summed E-state index contributed by atoms with van der Waals surface area (Å²) in [5.41, 5.74) is 1.76. The Bertz CT molecular complexity index is 232. The molecule has 1 aliphatic carbocycles. The third-order valence-electron chi connectivity index (χ3n) is 3.84. The monoisotopic (exact) mass is 211 g/mol. The highest BCUT2D eigenvalue weighted by Crippen LogP contribution is 2.54. The molecule has 1 N–H and O–H groups in total. The maximum absolute atomic E-state index is 4.22. The summed E-state index contributed by atoms with van der Waals surface area (Å²) >= 11 is 1.86. The maximum atomic E-state index is 4.22. The Morgan fingerprint density at radius 1 is 1.64 bits per heavy atom. The zero-order chi connectivity index (χ0) is 10.2. The summed E-state index contributed by atoms with van der Waals surface area (Å²) in [6.45, 7) is 8.89. The lowest BCUT2D eigenvalue weighted by atomic mass is 9.74. The molecule has 2 heteroatoms. The lowest BCUT2D eigenvalue weighted by molar-refractivity contribution is 0.253. The van der Waals surface area contributed by atoms with Crippen molar-refractivity contribution in [2.45, 2.75) is 39.5 Å². The maximum Gasteiger partial charge on any atom is 0.0246 e. The lowest BCUT2D eigenvalue weighted by Gasteiger charge is -2.31. The minimum absolute atomic E-state index is 0.453. The average Bonchev–Trinajstić information content (AvgIpc) is 2.63. The van der Waals surface area contributed by atoms with Gasteiger partial charge >= 0.3 is 0 Å². The number of hydrogen-bond donors (Lipinski definition) is 1. The van der Waals surface area contributed by atoms with Gasteiger partial charge in [-0.2, -0.15) is 0 Å². The third kappa shape index (κ3) is 1.58. The minimum atomic E-state index is 0.453. The molecule has 80 valence electrons. The fourth-order valence-electron chi connectivity index (χ4n) is 3.08. The highest BCUT2D eigenvalue weighted by Gasteiger charge is 2.47. The van der Waals surface area contributed by atoms with Crippen LogP contribution >= 0.6 is 11.9 Å². The zero-order valence-corrected chi connectivity index (χ0v) is 10.1. The fourth-order valence-corrected chi connectivity index (χ4v) is 4.35. The Hall–Kier alpha value is -0.110. The molecule has 0 amide bonds. The van der Waals surface area contributed by atoms with E-state index in [1.54, 1.807) is 0 Å². The summed E-state index contributed by atoms with van der Waals surface area (Å²) in [7, 11) is 0. The van der Waals surface area contributed by atoms with Crippen LogP contribution in [0.25, 0.3) is 0 Å². The van der Waals surface area contributed by atoms with E-state index in [2.05, 4.69) is 25.1 Å². The molecule has 1 saturated carbocycles. The number of rotatable bonds is 2. The fraction of sp³-hybridized carbons (Fsp3) is 0.833. The molecule has 0 bridgehead atoms. The van der Waals surface area contributed by atoms with Crippen LogP contribution in [0.1, 0.15) is 39.5 Å². The van der Waals surface area contributed by atoms with Gasteiger partial charge in [-0.05, 0) is 31.1 Å². The highest BCUT2D eigenvalue weighted by atomic mass is 32.2. The lowest BCUT2D eigenvalue weighted by Crippen LogP contribution is -2.29. The number of hydrogen-bond acceptors (Lipinski definition) is 2. The first-order valence-electron chi connectivity index (χ1n) is 5.72. The smallest absolute Gasteiger partial charge is 0.0246 e. The molecule has 1 heterocycles. The van der Waals surface area contributed by atoms with Gasteiger partial charge in [-0.15, -0.1) is 0 Å². The van der Waals surface area contributed by atoms with Crippen molar-refractivity contribution in [2.24, 2.45) is 17.3 Å². The second kappa shape index (κ2) is 3.80. The highest BCUT2D eigenvalue weighted by molar-refractivity contribution is 7.97. The van der Waals surface area contributed by atoms with Gasteiger partial charge in [0.05, 0.1) is 0 Å². The van der Waals surface area contributed by atoms with E-state index >= 15 is 0 Å². The van der Waals surface area contributed by atoms with E-state index in [0.29, 0.717) is 5.41 Å². The summed E-state index contributed by atoms with van der Waals surface area (Å²) in [4.78, 5) is 0. The van der Waals surface area contributed by atoms with Crippen LogP contribution in [-0.4, -0.2) is 5.75 Å². The van der Waals surface area contributed by atoms with Gasteiger partial charge in [-0.3, -0.25) is 0 Å². The Kier molecular flexibility index (Phi) is 2.83. The number of allylic oxidation sites excluding steroid dienone is 1. The van der Waals surface area contributed by atoms with Crippen LogP contribution < -0.4 is 4.72 Å². The molecule has 2 aliphatic rings. The van der Waals surface area contributed by atoms with Gasteiger partial charge in [-0.1, -0.05) is 38.8 Å². The quantitative estimate of drug-likeness (QED) is 0.701. The molecule has 1 aliphatic heterocycles. The summed E-state index contributed by atoms with van der Waals surface area (Å²) < 4.78 is 3.38. The first kappa shape index (κ1) is 10.4. The predicted molar refractivity (Wildman–Crippen MR) is 64.0 cm³/mol. The van der Waals surface area contributed by atoms with Gasteiger partial charge < -0.3 is 4.72 Å². The van der Waals surface area contributed by atoms with Gasteiger partial charge in [0.2, 0.25) is 0 Å². The standard InChI is InChI=1S/C12H21NS/c1-9(2)7-11-5-4-6-12(11)8-14-13-10(12)3/h9,11,13H,3-8H2,1-2H3/t11-,12?/m0/s1. The average molecular weight is 211 g/mol. The second-order valence-electron chi connectivity index (χ2n) is 5.24. The molecule has 14 heavy (non-hydrogen) atoms. The van der Waals surface area contributed by atoms with Crippen molar-refractivity contribution in [3.05, 3.63) is 12.3 Å². The van der Waals surface area contributed by atoms with Gasteiger partial charge in [0.15, 0.2) is 0 Å². The Morgan fingerprint density at radius 2 is 2.43 bits per heavy atom. The molecule has 1 unspecified atom stereocenters. The van der Waals surface area contributed by atoms with Crippen molar-refractivity contribution in [1.29, 1.82) is 0 Å². The van der Waals surface area contributed by atoms with Crippen LogP contribution in [0.4, 0.5) is 0 Å². The van der Waals surface area contributed by atoms with E-state index in [-0.39, 0.29) is 0 Å². The summed E-state index contributed by atoms with van der Waals surface area (Å²) in [5.74, 6) is 2.97. The minimum Gasteiger partial charge on any atom is -0.333 e. The SMILES string of the molecule is C=C1NSCC12CCC[C@H]2CC(C)C. The topological polar surface area (TPSA) is 12.0 Å². The van der Waals surface area contributed by atoms with Crippen LogP contribution in [0.2, 0.25) is 0 Å². The summed E-state index contributed by atoms with van der Waals surface area (Å²) in [6.07, 6.45) is 5.56. The Labute approximate surface area is 91.9 Å². The van der Waals surface area contributed by atoms with Crippen LogP contribution in [0.3, 0.4) is 0 Å². The first-order valence-corrected chi connectivity index (χ1v) is 6.71. The van der Waals surface area contributed by atoms with E-state index in [1.165, 1.54) is 37.1 Å². The molecule has 1 nitrogen and oxygen atoms in total. The largest absolute Gasteiger partial charge is 0.333 e. The van der Waals surface area contributed by atoms with Gasteiger partial charge in [0, 0.05) is 16.9 Å². The van der Waals surface area contributed by atoms with Gasteiger partial charge in [0.25, 0.3) is 0 Å². The predicted octanol–water partition coefficient (Wildman–Crippen LogP) is 3.58. The van der Waals surface area contributed by atoms with Crippen LogP contribution in [0.15, 0.2) is 12.3 Å². The number of nitrogens with one attached hydrogen (secondary N) is 1. The molecule has 1 saturated heterocycles. The molecule has 0 radical (unpaired) electrons. The molecule has 2 rings (SSSR count). The van der Waals surface area contributed by atoms with Crippen molar-refractivity contribution in [2.75, 3.05) is 5.75 Å². The van der Waals surface area contributed by atoms with Crippen molar-refractivity contribution in [3.8, 4) is 0 Å². The summed E-state index contributed by atoms with van der Waals surface area (Å²) in [5, 5.41) is 0. The van der Waals surface area contributed by atoms with E-state index in [0.717, 1.165) is 11.8 Å². The molecule has 0 aromatic carbocycles. The normalized spacial score (nSPS) is 37.1.